The molecule has 0 aromatic carbocycles. The fraction of sp³-hybridized carbons (Fsp3) is 0. The molecule has 0 aliphatic heterocycles. The third-order valence-corrected chi connectivity index (χ3v) is 1.06. The second-order valence-electron chi connectivity index (χ2n) is 0.947. The Balaban J connectivity index is 3.24. The lowest BCUT2D eigenvalue weighted by atomic mass is 10.7. The third kappa shape index (κ3) is 3.49. The number of carbonyl (C=O) groups excluding carboxylic acids is 1. The van der Waals surface area contributed by atoms with Crippen molar-refractivity contribution >= 4 is 17.1 Å². The van der Waals surface area contributed by atoms with E-state index in [4.69, 9.17) is 0 Å². The highest BCUT2D eigenvalue weighted by molar-refractivity contribution is 8.12. The van der Waals surface area contributed by atoms with Crippen LogP contribution in [0.2, 0.25) is 0 Å². The minimum Gasteiger partial charge on any atom is -0.330 e. The van der Waals surface area contributed by atoms with Crippen LogP contribution in [0, 0.1) is 0 Å². The highest BCUT2D eigenvalue weighted by Crippen LogP contribution is 1.93. The Kier molecular flexibility index (Phi) is 4.07. The van der Waals surface area contributed by atoms with E-state index in [1.807, 2.05) is 0 Å². The average molecular weight is 129 g/mol. The Hall–Kier alpha value is -0.700. The third-order valence-electron chi connectivity index (χ3n) is 0.410. The van der Waals surface area contributed by atoms with Crippen molar-refractivity contribution in [2.45, 2.75) is 0 Å². The number of hydrogen-bond acceptors (Lipinski definition) is 3. The molecule has 0 heterocycles. The van der Waals surface area contributed by atoms with Gasteiger partial charge in [0.05, 0.1) is 0 Å². The number of carbonyl (C=O) groups is 1. The topological polar surface area (TPSA) is 29.1 Å². The van der Waals surface area contributed by atoms with Gasteiger partial charge in [-0.05, 0) is 6.08 Å². The van der Waals surface area contributed by atoms with Gasteiger partial charge in [-0.25, -0.2) is 0 Å². The lowest BCUT2D eigenvalue weighted by Gasteiger charge is -1.89. The van der Waals surface area contributed by atoms with Gasteiger partial charge in [0.1, 0.15) is 0 Å². The first-order valence-electron chi connectivity index (χ1n) is 2.01. The molecule has 0 aliphatic rings. The summed E-state index contributed by atoms with van der Waals surface area (Å²) in [5.74, 6) is 0. The van der Waals surface area contributed by atoms with Crippen LogP contribution in [-0.4, -0.2) is 5.12 Å². The molecular formula is C5H7NOS. The van der Waals surface area contributed by atoms with Gasteiger partial charge in [0.15, 0.2) is 0 Å². The van der Waals surface area contributed by atoms with Gasteiger partial charge in [0, 0.05) is 18.1 Å². The normalized spacial score (nSPS) is 7.50. The van der Waals surface area contributed by atoms with Gasteiger partial charge in [0.25, 0.3) is 0 Å². The van der Waals surface area contributed by atoms with Crippen molar-refractivity contribution in [1.29, 1.82) is 0 Å². The molecule has 0 bridgehead atoms. The van der Waals surface area contributed by atoms with Crippen molar-refractivity contribution in [1.82, 2.24) is 4.72 Å². The second-order valence-corrected chi connectivity index (χ2v) is 1.79. The monoisotopic (exact) mass is 129 g/mol. The Labute approximate surface area is 52.8 Å². The largest absolute Gasteiger partial charge is 0.330 e. The summed E-state index contributed by atoms with van der Waals surface area (Å²) >= 11 is 0.951. The summed E-state index contributed by atoms with van der Waals surface area (Å²) in [6.07, 6.45) is 2.67. The molecule has 0 aromatic heterocycles. The van der Waals surface area contributed by atoms with Crippen LogP contribution in [0.1, 0.15) is 0 Å². The number of rotatable bonds is 3. The molecular weight excluding hydrogens is 122 g/mol. The van der Waals surface area contributed by atoms with Gasteiger partial charge in [-0.3, -0.25) is 4.79 Å². The van der Waals surface area contributed by atoms with Crippen molar-refractivity contribution in [2.24, 2.45) is 0 Å². The Morgan fingerprint density at radius 2 is 2.25 bits per heavy atom. The van der Waals surface area contributed by atoms with Gasteiger partial charge >= 0.3 is 0 Å². The summed E-state index contributed by atoms with van der Waals surface area (Å²) in [5, 5.41) is -0.107. The first-order valence-corrected chi connectivity index (χ1v) is 2.82. The molecule has 0 radical (unpaired) electrons. The molecule has 0 atom stereocenters. The van der Waals surface area contributed by atoms with E-state index in [0.717, 1.165) is 11.9 Å². The summed E-state index contributed by atoms with van der Waals surface area (Å²) in [6, 6.07) is 0. The lowest BCUT2D eigenvalue weighted by molar-refractivity contribution is -0.107. The smallest absolute Gasteiger partial charge is 0.231 e. The summed E-state index contributed by atoms with van der Waals surface area (Å²) in [4.78, 5) is 10.3. The summed E-state index contributed by atoms with van der Waals surface area (Å²) in [7, 11) is 0. The molecule has 2 nitrogen and oxygen atoms in total. The Bertz CT molecular complexity index is 111. The van der Waals surface area contributed by atoms with E-state index in [1.165, 1.54) is 12.3 Å². The van der Waals surface area contributed by atoms with Crippen LogP contribution in [-0.2, 0) is 4.79 Å². The molecule has 0 unspecified atom stereocenters. The van der Waals surface area contributed by atoms with Crippen molar-refractivity contribution in [3.63, 3.8) is 0 Å². The van der Waals surface area contributed by atoms with Gasteiger partial charge in [0.2, 0.25) is 5.12 Å². The summed E-state index contributed by atoms with van der Waals surface area (Å²) in [6.45, 7) is 6.62. The molecule has 0 aliphatic carbocycles. The van der Waals surface area contributed by atoms with E-state index in [1.54, 1.807) is 0 Å². The minimum absolute atomic E-state index is 0.107. The van der Waals surface area contributed by atoms with Gasteiger partial charge < -0.3 is 4.72 Å². The van der Waals surface area contributed by atoms with Gasteiger partial charge in [-0.2, -0.15) is 0 Å². The molecule has 0 fully saturated rings. The van der Waals surface area contributed by atoms with E-state index >= 15 is 0 Å². The maximum atomic E-state index is 10.3. The Morgan fingerprint density at radius 3 is 2.62 bits per heavy atom. The molecule has 1 N–H and O–H groups in total. The van der Waals surface area contributed by atoms with Crippen LogP contribution in [0.5, 0.6) is 0 Å². The van der Waals surface area contributed by atoms with E-state index in [-0.39, 0.29) is 5.12 Å². The zero-order valence-electron chi connectivity index (χ0n) is 4.39. The van der Waals surface area contributed by atoms with Crippen LogP contribution < -0.4 is 4.72 Å². The van der Waals surface area contributed by atoms with E-state index in [2.05, 4.69) is 17.9 Å². The molecule has 44 valence electrons. The highest BCUT2D eigenvalue weighted by atomic mass is 32.2. The molecule has 0 amide bonds. The average Bonchev–Trinajstić information content (AvgIpc) is 1.83. The molecule has 0 rings (SSSR count). The zero-order valence-corrected chi connectivity index (χ0v) is 5.20. The van der Waals surface area contributed by atoms with Gasteiger partial charge in [-0.1, -0.05) is 13.2 Å². The van der Waals surface area contributed by atoms with Crippen molar-refractivity contribution < 1.29 is 4.79 Å². The van der Waals surface area contributed by atoms with Crippen LogP contribution in [0.4, 0.5) is 0 Å². The van der Waals surface area contributed by atoms with Crippen molar-refractivity contribution in [2.75, 3.05) is 0 Å². The number of hydrogen-bond donors (Lipinski definition) is 1. The first-order chi connectivity index (χ1) is 3.81. The van der Waals surface area contributed by atoms with E-state index in [9.17, 15) is 4.79 Å². The molecule has 3 heteroatoms. The van der Waals surface area contributed by atoms with Crippen LogP contribution in [0.25, 0.3) is 0 Å². The van der Waals surface area contributed by atoms with Crippen LogP contribution in [0.15, 0.2) is 25.4 Å². The molecule has 0 spiro atoms. The predicted molar refractivity (Wildman–Crippen MR) is 36.1 cm³/mol. The van der Waals surface area contributed by atoms with Crippen molar-refractivity contribution in [3.8, 4) is 0 Å². The minimum atomic E-state index is -0.107. The van der Waals surface area contributed by atoms with E-state index in [0.29, 0.717) is 0 Å². The van der Waals surface area contributed by atoms with E-state index < -0.39 is 0 Å². The standard InChI is InChI=1S/C5H7NOS/c1-3-5(7)8-6-4-2/h3-4,6H,1-2H2. The number of nitrogens with one attached hydrogen (secondary N) is 1. The fourth-order valence-corrected chi connectivity index (χ4v) is 0.424. The predicted octanol–water partition coefficient (Wildman–Crippen LogP) is 1.08. The van der Waals surface area contributed by atoms with Crippen molar-refractivity contribution in [3.05, 3.63) is 25.4 Å². The maximum Gasteiger partial charge on any atom is 0.231 e. The summed E-state index contributed by atoms with van der Waals surface area (Å²) < 4.78 is 2.56. The molecule has 0 saturated carbocycles. The molecule has 8 heavy (non-hydrogen) atoms. The first kappa shape index (κ1) is 7.30. The van der Waals surface area contributed by atoms with Crippen LogP contribution in [0.3, 0.4) is 0 Å². The van der Waals surface area contributed by atoms with Gasteiger partial charge in [-0.15, -0.1) is 0 Å². The Morgan fingerprint density at radius 1 is 1.62 bits per heavy atom. The molecule has 0 saturated heterocycles. The summed E-state index contributed by atoms with van der Waals surface area (Å²) in [5.41, 5.74) is 0. The molecule has 0 aromatic rings. The lowest BCUT2D eigenvalue weighted by Crippen LogP contribution is -1.95. The second kappa shape index (κ2) is 4.46. The quantitative estimate of drug-likeness (QED) is 0.456. The highest BCUT2D eigenvalue weighted by Gasteiger charge is 1.89. The fourth-order valence-electron chi connectivity index (χ4n) is 0.141. The zero-order chi connectivity index (χ0) is 6.41. The maximum absolute atomic E-state index is 10.3. The van der Waals surface area contributed by atoms with Crippen LogP contribution >= 0.6 is 11.9 Å². The SMILES string of the molecule is C=CNSC(=O)C=C.